The molecule has 3 heterocycles. The summed E-state index contributed by atoms with van der Waals surface area (Å²) < 4.78 is 1.17. The van der Waals surface area contributed by atoms with Crippen LogP contribution in [0.25, 0.3) is 20.8 Å². The quantitative estimate of drug-likeness (QED) is 0.637. The second-order valence-electron chi connectivity index (χ2n) is 8.79. The highest BCUT2D eigenvalue weighted by Gasteiger charge is 2.47. The lowest BCUT2D eigenvalue weighted by molar-refractivity contribution is -0.944. The minimum absolute atomic E-state index is 0.0384. The molecular weight excluding hydrogens is 406 g/mol. The van der Waals surface area contributed by atoms with Crippen molar-refractivity contribution in [1.29, 1.82) is 0 Å². The topological polar surface area (TPSA) is 54.7 Å². The van der Waals surface area contributed by atoms with Crippen molar-refractivity contribution in [3.05, 3.63) is 48.0 Å². The minimum Gasteiger partial charge on any atom is -0.322 e. The van der Waals surface area contributed by atoms with Crippen molar-refractivity contribution >= 4 is 39.1 Å². The van der Waals surface area contributed by atoms with Gasteiger partial charge < -0.3 is 4.90 Å². The van der Waals surface area contributed by atoms with E-state index in [4.69, 9.17) is 4.98 Å². The molecule has 2 aliphatic heterocycles. The van der Waals surface area contributed by atoms with E-state index in [0.717, 1.165) is 41.9 Å². The molecule has 1 unspecified atom stereocenters. The lowest BCUT2D eigenvalue weighted by Crippen LogP contribution is -3.20. The number of fused-ring (bicyclic) bond motifs is 1. The van der Waals surface area contributed by atoms with Crippen molar-refractivity contribution in [2.45, 2.75) is 58.0 Å². The van der Waals surface area contributed by atoms with Gasteiger partial charge in [-0.25, -0.2) is 9.88 Å². The van der Waals surface area contributed by atoms with Gasteiger partial charge in [0.1, 0.15) is 5.01 Å². The molecule has 5 rings (SSSR count). The first-order valence-corrected chi connectivity index (χ1v) is 12.1. The number of carbonyl (C=O) groups is 2. The molecule has 3 atom stereocenters. The number of imide groups is 1. The van der Waals surface area contributed by atoms with Crippen LogP contribution in [0.1, 0.15) is 44.6 Å². The number of anilines is 1. The number of thiazole rings is 1. The molecule has 2 aromatic carbocycles. The fourth-order valence-corrected chi connectivity index (χ4v) is 6.21. The summed E-state index contributed by atoms with van der Waals surface area (Å²) >= 11 is 1.66. The number of quaternary nitrogens is 1. The number of hydrogen-bond acceptors (Lipinski definition) is 4. The zero-order valence-corrected chi connectivity index (χ0v) is 18.9. The Hall–Kier alpha value is -2.57. The molecule has 0 bridgehead atoms. The number of amides is 2. The number of carbonyl (C=O) groups excluding carboxylic acids is 2. The van der Waals surface area contributed by atoms with Gasteiger partial charge in [0.15, 0.2) is 6.04 Å². The lowest BCUT2D eigenvalue weighted by Gasteiger charge is -2.35. The standard InChI is InChI=1S/C25H27N3O2S/c1-3-18-6-4-5-13-27(18)21-15-23(29)28(25(21)30)19-10-8-17(9-11-19)24-26-20-12-7-16(2)14-22(20)31-24/h7-12,14,18,21H,3-6,13,15H2,1-2H3/p+1/t18-,21+/m0/s1. The Labute approximate surface area is 186 Å². The van der Waals surface area contributed by atoms with Gasteiger partial charge in [-0.15, -0.1) is 11.3 Å². The maximum absolute atomic E-state index is 13.3. The monoisotopic (exact) mass is 434 g/mol. The summed E-state index contributed by atoms with van der Waals surface area (Å²) in [5, 5.41) is 0.952. The Morgan fingerprint density at radius 1 is 1.13 bits per heavy atom. The predicted molar refractivity (Wildman–Crippen MR) is 124 cm³/mol. The van der Waals surface area contributed by atoms with Crippen LogP contribution in [0.2, 0.25) is 0 Å². The molecule has 2 saturated heterocycles. The Kier molecular flexibility index (Phi) is 5.36. The summed E-state index contributed by atoms with van der Waals surface area (Å²) in [7, 11) is 0. The smallest absolute Gasteiger partial charge is 0.292 e. The number of benzene rings is 2. The molecule has 5 nitrogen and oxygen atoms in total. The summed E-state index contributed by atoms with van der Waals surface area (Å²) in [4.78, 5) is 33.5. The van der Waals surface area contributed by atoms with Crippen molar-refractivity contribution < 1.29 is 14.5 Å². The Morgan fingerprint density at radius 2 is 1.94 bits per heavy atom. The van der Waals surface area contributed by atoms with Gasteiger partial charge in [0.2, 0.25) is 5.91 Å². The van der Waals surface area contributed by atoms with Gasteiger partial charge in [-0.05, 0) is 74.6 Å². The van der Waals surface area contributed by atoms with Crippen LogP contribution in [-0.4, -0.2) is 35.4 Å². The van der Waals surface area contributed by atoms with Crippen LogP contribution in [0.15, 0.2) is 42.5 Å². The highest BCUT2D eigenvalue weighted by Crippen LogP contribution is 2.32. The maximum atomic E-state index is 13.3. The van der Waals surface area contributed by atoms with E-state index in [1.807, 2.05) is 30.3 Å². The first kappa shape index (κ1) is 20.3. The SMILES string of the molecule is CC[C@H]1CCCC[NH+]1[C@@H]1CC(=O)N(c2ccc(-c3nc4ccc(C)cc4s3)cc2)C1=O. The molecule has 0 radical (unpaired) electrons. The van der Waals surface area contributed by atoms with Gasteiger partial charge in [-0.2, -0.15) is 0 Å². The first-order chi connectivity index (χ1) is 15.0. The van der Waals surface area contributed by atoms with Crippen LogP contribution >= 0.6 is 11.3 Å². The fraction of sp³-hybridized carbons (Fsp3) is 0.400. The Morgan fingerprint density at radius 3 is 2.71 bits per heavy atom. The lowest BCUT2D eigenvalue weighted by atomic mass is 9.97. The van der Waals surface area contributed by atoms with Crippen LogP contribution in [0, 0.1) is 6.92 Å². The van der Waals surface area contributed by atoms with E-state index in [2.05, 4.69) is 26.0 Å². The zero-order valence-electron chi connectivity index (χ0n) is 18.1. The summed E-state index contributed by atoms with van der Waals surface area (Å²) in [5.74, 6) is -0.116. The van der Waals surface area contributed by atoms with Gasteiger partial charge in [-0.3, -0.25) is 9.59 Å². The number of aryl methyl sites for hydroxylation is 1. The third-order valence-corrected chi connectivity index (χ3v) is 7.86. The van der Waals surface area contributed by atoms with E-state index < -0.39 is 0 Å². The average molecular weight is 435 g/mol. The molecule has 2 amide bonds. The van der Waals surface area contributed by atoms with Gasteiger partial charge in [0.05, 0.1) is 34.9 Å². The zero-order chi connectivity index (χ0) is 21.5. The number of likely N-dealkylation sites (tertiary alicyclic amines) is 1. The van der Waals surface area contributed by atoms with E-state index in [-0.39, 0.29) is 17.9 Å². The number of piperidine rings is 1. The molecule has 3 aromatic rings. The van der Waals surface area contributed by atoms with Gasteiger partial charge in [-0.1, -0.05) is 13.0 Å². The third kappa shape index (κ3) is 3.68. The minimum atomic E-state index is -0.232. The Bertz CT molecular complexity index is 1140. The molecule has 0 spiro atoms. The van der Waals surface area contributed by atoms with Gasteiger partial charge in [0, 0.05) is 5.56 Å². The predicted octanol–water partition coefficient (Wildman–Crippen LogP) is 3.75. The molecule has 2 fully saturated rings. The third-order valence-electron chi connectivity index (χ3n) is 6.80. The molecule has 160 valence electrons. The van der Waals surface area contributed by atoms with Crippen molar-refractivity contribution in [1.82, 2.24) is 4.98 Å². The normalized spacial score (nSPS) is 24.3. The number of nitrogens with zero attached hydrogens (tertiary/aromatic N) is 2. The van der Waals surface area contributed by atoms with Crippen molar-refractivity contribution in [2.24, 2.45) is 0 Å². The van der Waals surface area contributed by atoms with E-state index in [0.29, 0.717) is 18.2 Å². The molecule has 0 saturated carbocycles. The molecule has 6 heteroatoms. The second-order valence-corrected chi connectivity index (χ2v) is 9.82. The van der Waals surface area contributed by atoms with Crippen LogP contribution < -0.4 is 9.80 Å². The molecule has 1 aromatic heterocycles. The summed E-state index contributed by atoms with van der Waals surface area (Å²) in [6.45, 7) is 5.27. The summed E-state index contributed by atoms with van der Waals surface area (Å²) in [5.41, 5.74) is 3.89. The number of aromatic nitrogens is 1. The van der Waals surface area contributed by atoms with E-state index >= 15 is 0 Å². The van der Waals surface area contributed by atoms with Crippen LogP contribution in [0.5, 0.6) is 0 Å². The van der Waals surface area contributed by atoms with E-state index in [1.165, 1.54) is 26.5 Å². The van der Waals surface area contributed by atoms with E-state index in [1.54, 1.807) is 11.3 Å². The van der Waals surface area contributed by atoms with E-state index in [9.17, 15) is 9.59 Å². The van der Waals surface area contributed by atoms with Gasteiger partial charge in [0.25, 0.3) is 5.91 Å². The molecule has 0 aliphatic carbocycles. The van der Waals surface area contributed by atoms with Crippen LogP contribution in [0.3, 0.4) is 0 Å². The summed E-state index contributed by atoms with van der Waals surface area (Å²) in [6.07, 6.45) is 4.90. The molecule has 31 heavy (non-hydrogen) atoms. The summed E-state index contributed by atoms with van der Waals surface area (Å²) in [6, 6.07) is 14.2. The maximum Gasteiger partial charge on any atom is 0.292 e. The molecule has 2 aliphatic rings. The fourth-order valence-electron chi connectivity index (χ4n) is 5.14. The highest BCUT2D eigenvalue weighted by molar-refractivity contribution is 7.21. The second kappa shape index (κ2) is 8.17. The number of hydrogen-bond donors (Lipinski definition) is 1. The highest BCUT2D eigenvalue weighted by atomic mass is 32.1. The molecule has 1 N–H and O–H groups in total. The van der Waals surface area contributed by atoms with Gasteiger partial charge >= 0.3 is 0 Å². The van der Waals surface area contributed by atoms with Crippen LogP contribution in [0.4, 0.5) is 5.69 Å². The van der Waals surface area contributed by atoms with Crippen LogP contribution in [-0.2, 0) is 9.59 Å². The first-order valence-electron chi connectivity index (χ1n) is 11.2. The Balaban J connectivity index is 1.38. The largest absolute Gasteiger partial charge is 0.322 e. The van der Waals surface area contributed by atoms with Crippen molar-refractivity contribution in [3.63, 3.8) is 0 Å². The van der Waals surface area contributed by atoms with Crippen molar-refractivity contribution in [2.75, 3.05) is 11.4 Å². The average Bonchev–Trinajstić information content (AvgIpc) is 3.33. The van der Waals surface area contributed by atoms with Crippen molar-refractivity contribution in [3.8, 4) is 10.6 Å². The number of rotatable bonds is 4. The molecular formula is C25H28N3O2S+. The number of nitrogens with one attached hydrogen (secondary N) is 1.